The van der Waals surface area contributed by atoms with Gasteiger partial charge in [-0.25, -0.2) is 4.98 Å². The lowest BCUT2D eigenvalue weighted by Gasteiger charge is -2.19. The molecule has 3 aromatic rings. The molecule has 0 fully saturated rings. The molecule has 1 aliphatic rings. The summed E-state index contributed by atoms with van der Waals surface area (Å²) in [7, 11) is 0. The maximum atomic E-state index is 11.6. The maximum Gasteiger partial charge on any atom is 0.307 e. The molecule has 1 heterocycles. The van der Waals surface area contributed by atoms with Crippen molar-refractivity contribution in [1.29, 1.82) is 0 Å². The lowest BCUT2D eigenvalue weighted by atomic mass is 9.85. The quantitative estimate of drug-likeness (QED) is 0.505. The average molecular weight is 420 g/mol. The van der Waals surface area contributed by atoms with Gasteiger partial charge in [-0.05, 0) is 74.4 Å². The minimum absolute atomic E-state index is 0.101. The van der Waals surface area contributed by atoms with Crippen LogP contribution in [-0.4, -0.2) is 22.7 Å². The Morgan fingerprint density at radius 1 is 1.23 bits per heavy atom. The van der Waals surface area contributed by atoms with E-state index in [1.807, 2.05) is 38.1 Å². The Bertz CT molecular complexity index is 1070. The first-order valence-corrected chi connectivity index (χ1v) is 11.0. The van der Waals surface area contributed by atoms with E-state index in [9.17, 15) is 9.90 Å². The highest BCUT2D eigenvalue weighted by Crippen LogP contribution is 2.41. The van der Waals surface area contributed by atoms with Crippen LogP contribution < -0.4 is 4.74 Å². The van der Waals surface area contributed by atoms with Gasteiger partial charge >= 0.3 is 5.97 Å². The summed E-state index contributed by atoms with van der Waals surface area (Å²) in [5, 5.41) is 9.51. The van der Waals surface area contributed by atoms with Gasteiger partial charge in [0.2, 0.25) is 5.89 Å². The van der Waals surface area contributed by atoms with Crippen molar-refractivity contribution in [3.63, 3.8) is 0 Å². The number of carbonyl (C=O) groups is 1. The second-order valence-electron chi connectivity index (χ2n) is 8.35. The monoisotopic (exact) mass is 419 g/mol. The lowest BCUT2D eigenvalue weighted by molar-refractivity contribution is -0.142. The summed E-state index contributed by atoms with van der Waals surface area (Å²) < 4.78 is 11.8. The second-order valence-corrected chi connectivity index (χ2v) is 8.35. The fraction of sp³-hybridized carbons (Fsp3) is 0.385. The molecule has 2 aromatic carbocycles. The van der Waals surface area contributed by atoms with Gasteiger partial charge in [0.25, 0.3) is 0 Å². The maximum absolute atomic E-state index is 11.6. The van der Waals surface area contributed by atoms with Crippen LogP contribution in [0.4, 0.5) is 0 Å². The van der Waals surface area contributed by atoms with E-state index in [4.69, 9.17) is 9.15 Å². The van der Waals surface area contributed by atoms with Crippen LogP contribution in [0.3, 0.4) is 0 Å². The van der Waals surface area contributed by atoms with E-state index in [2.05, 4.69) is 30.1 Å². The van der Waals surface area contributed by atoms with Crippen LogP contribution in [0.25, 0.3) is 11.5 Å². The number of rotatable bonds is 8. The minimum Gasteiger partial charge on any atom is -0.493 e. The van der Waals surface area contributed by atoms with Gasteiger partial charge in [0.05, 0.1) is 18.2 Å². The number of hydrogen-bond acceptors (Lipinski definition) is 4. The van der Waals surface area contributed by atoms with Gasteiger partial charge < -0.3 is 14.3 Å². The van der Waals surface area contributed by atoms with Crippen LogP contribution >= 0.6 is 0 Å². The zero-order valence-electron chi connectivity index (χ0n) is 18.4. The number of oxazole rings is 1. The molecule has 0 radical (unpaired) electrons. The predicted octanol–water partition coefficient (Wildman–Crippen LogP) is 5.72. The fourth-order valence-corrected chi connectivity index (χ4v) is 4.51. The molecule has 0 spiro atoms. The van der Waals surface area contributed by atoms with E-state index in [0.29, 0.717) is 25.3 Å². The van der Waals surface area contributed by atoms with Crippen molar-refractivity contribution in [1.82, 2.24) is 4.98 Å². The zero-order chi connectivity index (χ0) is 22.0. The SMILES string of the molecule is CC[C@@H](C(=O)O)[C@@H]1CCc2cc(OCCc3nc(-c4ccc(C)cc4)oc3C)ccc21. The van der Waals surface area contributed by atoms with E-state index in [0.717, 1.165) is 41.2 Å². The Labute approximate surface area is 183 Å². The van der Waals surface area contributed by atoms with Gasteiger partial charge in [0.1, 0.15) is 11.5 Å². The smallest absolute Gasteiger partial charge is 0.307 e. The number of nitrogens with zero attached hydrogens (tertiary/aromatic N) is 1. The molecule has 0 unspecified atom stereocenters. The van der Waals surface area contributed by atoms with Crippen molar-refractivity contribution in [3.05, 3.63) is 70.6 Å². The molecule has 0 amide bonds. The molecule has 162 valence electrons. The summed E-state index contributed by atoms with van der Waals surface area (Å²) in [6.07, 6.45) is 3.12. The van der Waals surface area contributed by atoms with Crippen LogP contribution in [-0.2, 0) is 17.6 Å². The number of ether oxygens (including phenoxy) is 1. The summed E-state index contributed by atoms with van der Waals surface area (Å²) in [6.45, 7) is 6.45. The average Bonchev–Trinajstić information content (AvgIpc) is 3.32. The van der Waals surface area contributed by atoms with Crippen molar-refractivity contribution in [3.8, 4) is 17.2 Å². The second kappa shape index (κ2) is 8.96. The number of aliphatic carboxylic acids is 1. The van der Waals surface area contributed by atoms with Crippen molar-refractivity contribution < 1.29 is 19.1 Å². The Morgan fingerprint density at radius 3 is 2.71 bits per heavy atom. The summed E-state index contributed by atoms with van der Waals surface area (Å²) in [5.74, 6) is 1.36. The van der Waals surface area contributed by atoms with Gasteiger partial charge in [-0.15, -0.1) is 0 Å². The normalized spacial score (nSPS) is 16.2. The van der Waals surface area contributed by atoms with Crippen LogP contribution in [0.2, 0.25) is 0 Å². The topological polar surface area (TPSA) is 72.6 Å². The van der Waals surface area contributed by atoms with Gasteiger partial charge in [0, 0.05) is 12.0 Å². The zero-order valence-corrected chi connectivity index (χ0v) is 18.4. The highest BCUT2D eigenvalue weighted by atomic mass is 16.5. The Balaban J connectivity index is 1.39. The number of aromatic nitrogens is 1. The molecule has 0 aliphatic heterocycles. The van der Waals surface area contributed by atoms with Crippen molar-refractivity contribution in [2.24, 2.45) is 5.92 Å². The van der Waals surface area contributed by atoms with Crippen LogP contribution in [0.5, 0.6) is 5.75 Å². The summed E-state index contributed by atoms with van der Waals surface area (Å²) >= 11 is 0. The van der Waals surface area contributed by atoms with E-state index in [1.54, 1.807) is 0 Å². The third kappa shape index (κ3) is 4.50. The molecule has 1 N–H and O–H groups in total. The summed E-state index contributed by atoms with van der Waals surface area (Å²) in [4.78, 5) is 16.2. The molecule has 31 heavy (non-hydrogen) atoms. The molecule has 1 aliphatic carbocycles. The number of benzene rings is 2. The molecular formula is C26H29NO4. The molecule has 0 saturated carbocycles. The van der Waals surface area contributed by atoms with E-state index in [-0.39, 0.29) is 11.8 Å². The third-order valence-corrected chi connectivity index (χ3v) is 6.28. The predicted molar refractivity (Wildman–Crippen MR) is 120 cm³/mol. The fourth-order valence-electron chi connectivity index (χ4n) is 4.51. The number of fused-ring (bicyclic) bond motifs is 1. The molecule has 2 atom stereocenters. The van der Waals surface area contributed by atoms with E-state index >= 15 is 0 Å². The first-order chi connectivity index (χ1) is 15.0. The molecule has 0 bridgehead atoms. The largest absolute Gasteiger partial charge is 0.493 e. The van der Waals surface area contributed by atoms with Crippen LogP contribution in [0.1, 0.15) is 53.8 Å². The lowest BCUT2D eigenvalue weighted by Crippen LogP contribution is -2.19. The third-order valence-electron chi connectivity index (χ3n) is 6.28. The molecule has 5 heteroatoms. The number of hydrogen-bond donors (Lipinski definition) is 1. The molecule has 5 nitrogen and oxygen atoms in total. The Hall–Kier alpha value is -3.08. The van der Waals surface area contributed by atoms with E-state index < -0.39 is 5.97 Å². The Morgan fingerprint density at radius 2 is 2.00 bits per heavy atom. The Kier molecular flexibility index (Phi) is 6.12. The van der Waals surface area contributed by atoms with Gasteiger partial charge in [-0.1, -0.05) is 30.7 Å². The van der Waals surface area contributed by atoms with Crippen LogP contribution in [0, 0.1) is 19.8 Å². The number of carboxylic acid groups (broad SMARTS) is 1. The van der Waals surface area contributed by atoms with Crippen LogP contribution in [0.15, 0.2) is 46.9 Å². The van der Waals surface area contributed by atoms with Crippen molar-refractivity contribution >= 4 is 5.97 Å². The highest BCUT2D eigenvalue weighted by Gasteiger charge is 2.33. The van der Waals surface area contributed by atoms with Gasteiger partial charge in [-0.3, -0.25) is 4.79 Å². The molecular weight excluding hydrogens is 390 g/mol. The van der Waals surface area contributed by atoms with E-state index in [1.165, 1.54) is 11.1 Å². The van der Waals surface area contributed by atoms with Crippen molar-refractivity contribution in [2.45, 2.75) is 52.4 Å². The summed E-state index contributed by atoms with van der Waals surface area (Å²) in [5.41, 5.74) is 5.46. The first kappa shape index (κ1) is 21.2. The summed E-state index contributed by atoms with van der Waals surface area (Å²) in [6, 6.07) is 14.2. The van der Waals surface area contributed by atoms with Gasteiger partial charge in [0.15, 0.2) is 0 Å². The number of carboxylic acids is 1. The molecule has 0 saturated heterocycles. The number of aryl methyl sites for hydroxylation is 3. The van der Waals surface area contributed by atoms with Gasteiger partial charge in [-0.2, -0.15) is 0 Å². The molecule has 1 aromatic heterocycles. The first-order valence-electron chi connectivity index (χ1n) is 11.0. The minimum atomic E-state index is -0.700. The molecule has 4 rings (SSSR count). The highest BCUT2D eigenvalue weighted by molar-refractivity contribution is 5.72. The van der Waals surface area contributed by atoms with Crippen molar-refractivity contribution in [2.75, 3.05) is 6.61 Å². The standard InChI is InChI=1S/C26H29NO4/c1-4-21(26(28)29)23-11-9-19-15-20(10-12-22(19)23)30-14-13-24-17(3)31-25(27-24)18-7-5-16(2)6-8-18/h5-8,10,12,15,21,23H,4,9,11,13-14H2,1-3H3,(H,28,29)/t21-,23+/m1/s1.